The van der Waals surface area contributed by atoms with Crippen molar-refractivity contribution in [2.24, 2.45) is 7.05 Å². The molecular weight excluding hydrogens is 122 g/mol. The van der Waals surface area contributed by atoms with Crippen LogP contribution in [0.2, 0.25) is 0 Å². The average molecular weight is 137 g/mol. The van der Waals surface area contributed by atoms with Crippen LogP contribution in [0, 0.1) is 6.92 Å². The Labute approximate surface area is 62.7 Å². The molecule has 0 fully saturated rings. The van der Waals surface area contributed by atoms with E-state index in [0.717, 1.165) is 0 Å². The largest absolute Gasteiger partial charge is 0.354 e. The molecule has 0 saturated carbocycles. The monoisotopic (exact) mass is 137 g/mol. The number of nitrogens with zero attached hydrogens (tertiary/aromatic N) is 1. The number of aryl methyl sites for hydroxylation is 2. The predicted molar refractivity (Wildman–Crippen MR) is 44.2 cm³/mol. The summed E-state index contributed by atoms with van der Waals surface area (Å²) < 4.78 is 2.19. The molecular formula is C9H15N. The van der Waals surface area contributed by atoms with E-state index >= 15 is 0 Å². The van der Waals surface area contributed by atoms with Crippen molar-refractivity contribution in [2.45, 2.75) is 26.7 Å². The second kappa shape index (κ2) is 2.49. The molecule has 1 nitrogen and oxygen atoms in total. The van der Waals surface area contributed by atoms with Gasteiger partial charge in [0.1, 0.15) is 0 Å². The molecule has 0 aliphatic carbocycles. The SMILES string of the molecule is Cc1cc(C(C)C)n(C)c1. The summed E-state index contributed by atoms with van der Waals surface area (Å²) in [5, 5.41) is 0. The van der Waals surface area contributed by atoms with Crippen LogP contribution >= 0.6 is 0 Å². The lowest BCUT2D eigenvalue weighted by atomic mass is 10.1. The molecule has 1 aromatic rings. The van der Waals surface area contributed by atoms with Crippen molar-refractivity contribution in [1.82, 2.24) is 4.57 Å². The Morgan fingerprint density at radius 1 is 1.40 bits per heavy atom. The fourth-order valence-electron chi connectivity index (χ4n) is 1.33. The van der Waals surface area contributed by atoms with E-state index in [-0.39, 0.29) is 0 Å². The van der Waals surface area contributed by atoms with E-state index in [1.165, 1.54) is 11.3 Å². The number of hydrogen-bond donors (Lipinski definition) is 0. The zero-order valence-electron chi connectivity index (χ0n) is 7.18. The smallest absolute Gasteiger partial charge is 0.0200 e. The Bertz CT molecular complexity index is 221. The van der Waals surface area contributed by atoms with Crippen molar-refractivity contribution in [3.63, 3.8) is 0 Å². The highest BCUT2D eigenvalue weighted by molar-refractivity contribution is 5.19. The maximum atomic E-state index is 2.24. The van der Waals surface area contributed by atoms with Gasteiger partial charge in [0, 0.05) is 18.9 Å². The predicted octanol–water partition coefficient (Wildman–Crippen LogP) is 2.46. The Morgan fingerprint density at radius 2 is 2.00 bits per heavy atom. The molecule has 1 heterocycles. The van der Waals surface area contributed by atoms with E-state index in [2.05, 4.69) is 44.6 Å². The van der Waals surface area contributed by atoms with E-state index in [9.17, 15) is 0 Å². The summed E-state index contributed by atoms with van der Waals surface area (Å²) >= 11 is 0. The highest BCUT2D eigenvalue weighted by Gasteiger charge is 2.02. The van der Waals surface area contributed by atoms with Gasteiger partial charge in [-0.2, -0.15) is 0 Å². The molecule has 1 heteroatoms. The fraction of sp³-hybridized carbons (Fsp3) is 0.556. The lowest BCUT2D eigenvalue weighted by Crippen LogP contribution is -1.95. The highest BCUT2D eigenvalue weighted by Crippen LogP contribution is 2.15. The lowest BCUT2D eigenvalue weighted by Gasteiger charge is -2.04. The lowest BCUT2D eigenvalue weighted by molar-refractivity contribution is 0.741. The van der Waals surface area contributed by atoms with Crippen LogP contribution in [-0.2, 0) is 7.05 Å². The molecule has 0 N–H and O–H groups in total. The van der Waals surface area contributed by atoms with Crippen LogP contribution in [0.15, 0.2) is 12.3 Å². The Balaban J connectivity index is 3.03. The molecule has 0 saturated heterocycles. The van der Waals surface area contributed by atoms with Gasteiger partial charge in [0.25, 0.3) is 0 Å². The van der Waals surface area contributed by atoms with E-state index in [0.29, 0.717) is 5.92 Å². The van der Waals surface area contributed by atoms with Crippen LogP contribution < -0.4 is 0 Å². The molecule has 1 rings (SSSR count). The molecule has 0 aliphatic heterocycles. The van der Waals surface area contributed by atoms with Gasteiger partial charge < -0.3 is 4.57 Å². The maximum Gasteiger partial charge on any atom is 0.0200 e. The van der Waals surface area contributed by atoms with Crippen LogP contribution in [0.1, 0.15) is 31.0 Å². The first kappa shape index (κ1) is 7.39. The summed E-state index contributed by atoms with van der Waals surface area (Å²) in [4.78, 5) is 0. The van der Waals surface area contributed by atoms with Gasteiger partial charge in [0.05, 0.1) is 0 Å². The summed E-state index contributed by atoms with van der Waals surface area (Å²) in [5.41, 5.74) is 2.77. The van der Waals surface area contributed by atoms with Crippen LogP contribution in [0.3, 0.4) is 0 Å². The van der Waals surface area contributed by atoms with Gasteiger partial charge in [-0.3, -0.25) is 0 Å². The van der Waals surface area contributed by atoms with Gasteiger partial charge in [-0.05, 0) is 24.5 Å². The van der Waals surface area contributed by atoms with Gasteiger partial charge in [-0.1, -0.05) is 13.8 Å². The average Bonchev–Trinajstić information content (AvgIpc) is 2.10. The van der Waals surface area contributed by atoms with E-state index in [1.54, 1.807) is 0 Å². The minimum atomic E-state index is 0.638. The van der Waals surface area contributed by atoms with Crippen LogP contribution in [0.25, 0.3) is 0 Å². The van der Waals surface area contributed by atoms with Crippen molar-refractivity contribution < 1.29 is 0 Å². The van der Waals surface area contributed by atoms with Crippen molar-refractivity contribution in [3.8, 4) is 0 Å². The van der Waals surface area contributed by atoms with E-state index in [1.807, 2.05) is 0 Å². The van der Waals surface area contributed by atoms with Crippen molar-refractivity contribution in [1.29, 1.82) is 0 Å². The molecule has 10 heavy (non-hydrogen) atoms. The summed E-state index contributed by atoms with van der Waals surface area (Å²) in [7, 11) is 2.10. The third-order valence-electron chi connectivity index (χ3n) is 1.77. The number of hydrogen-bond acceptors (Lipinski definition) is 0. The zero-order valence-corrected chi connectivity index (χ0v) is 7.18. The maximum absolute atomic E-state index is 2.24. The van der Waals surface area contributed by atoms with Gasteiger partial charge in [-0.25, -0.2) is 0 Å². The Morgan fingerprint density at radius 3 is 2.20 bits per heavy atom. The molecule has 0 unspecified atom stereocenters. The summed E-state index contributed by atoms with van der Waals surface area (Å²) in [6.45, 7) is 6.56. The van der Waals surface area contributed by atoms with Crippen LogP contribution in [-0.4, -0.2) is 4.57 Å². The van der Waals surface area contributed by atoms with Crippen molar-refractivity contribution in [3.05, 3.63) is 23.5 Å². The van der Waals surface area contributed by atoms with Crippen LogP contribution in [0.4, 0.5) is 0 Å². The molecule has 0 radical (unpaired) electrons. The molecule has 0 aromatic carbocycles. The quantitative estimate of drug-likeness (QED) is 0.560. The molecule has 56 valence electrons. The van der Waals surface area contributed by atoms with E-state index in [4.69, 9.17) is 0 Å². The normalized spacial score (nSPS) is 10.9. The second-order valence-corrected chi connectivity index (χ2v) is 3.21. The summed E-state index contributed by atoms with van der Waals surface area (Å²) in [6.07, 6.45) is 2.16. The molecule has 0 amide bonds. The Hall–Kier alpha value is -0.720. The van der Waals surface area contributed by atoms with Gasteiger partial charge in [0.15, 0.2) is 0 Å². The molecule has 0 atom stereocenters. The third-order valence-corrected chi connectivity index (χ3v) is 1.77. The molecule has 0 aliphatic rings. The second-order valence-electron chi connectivity index (χ2n) is 3.21. The molecule has 0 spiro atoms. The minimum Gasteiger partial charge on any atom is -0.354 e. The van der Waals surface area contributed by atoms with Crippen molar-refractivity contribution in [2.75, 3.05) is 0 Å². The number of rotatable bonds is 1. The van der Waals surface area contributed by atoms with Gasteiger partial charge in [0.2, 0.25) is 0 Å². The first-order valence-corrected chi connectivity index (χ1v) is 3.74. The summed E-state index contributed by atoms with van der Waals surface area (Å²) in [6, 6.07) is 2.24. The zero-order chi connectivity index (χ0) is 7.72. The van der Waals surface area contributed by atoms with E-state index < -0.39 is 0 Å². The van der Waals surface area contributed by atoms with Crippen molar-refractivity contribution >= 4 is 0 Å². The fourth-order valence-corrected chi connectivity index (χ4v) is 1.33. The minimum absolute atomic E-state index is 0.638. The first-order chi connectivity index (χ1) is 4.61. The van der Waals surface area contributed by atoms with Gasteiger partial charge in [-0.15, -0.1) is 0 Å². The highest BCUT2D eigenvalue weighted by atomic mass is 14.9. The topological polar surface area (TPSA) is 4.93 Å². The molecule has 0 bridgehead atoms. The Kier molecular flexibility index (Phi) is 1.84. The number of aromatic nitrogens is 1. The van der Waals surface area contributed by atoms with Crippen LogP contribution in [0.5, 0.6) is 0 Å². The molecule has 1 aromatic heterocycles. The summed E-state index contributed by atoms with van der Waals surface area (Å²) in [5.74, 6) is 0.638. The third kappa shape index (κ3) is 1.23. The van der Waals surface area contributed by atoms with Gasteiger partial charge >= 0.3 is 0 Å². The standard InChI is InChI=1S/C9H15N/c1-7(2)9-5-8(3)6-10(9)4/h5-7H,1-4H3. The first-order valence-electron chi connectivity index (χ1n) is 3.74.